The number of rotatable bonds is 15. The zero-order valence-corrected chi connectivity index (χ0v) is 21.2. The molecule has 0 spiro atoms. The molecular weight excluding hydrogens is 434 g/mol. The normalized spacial score (nSPS) is 10.7. The average molecular weight is 474 g/mol. The van der Waals surface area contributed by atoms with Crippen molar-refractivity contribution in [1.29, 1.82) is 0 Å². The summed E-state index contributed by atoms with van der Waals surface area (Å²) in [6.45, 7) is 6.74. The molecule has 0 unspecified atom stereocenters. The molecule has 1 aromatic carbocycles. The number of aromatic nitrogens is 1. The summed E-state index contributed by atoms with van der Waals surface area (Å²) in [7, 11) is 5.06. The second-order valence-corrected chi connectivity index (χ2v) is 8.16. The highest BCUT2D eigenvalue weighted by molar-refractivity contribution is 5.97. The molecule has 0 saturated heterocycles. The van der Waals surface area contributed by atoms with E-state index < -0.39 is 0 Å². The Bertz CT molecular complexity index is 889. The molecule has 1 heterocycles. The number of hydrogen-bond donors (Lipinski definition) is 0. The Hall–Kier alpha value is -3.00. The molecule has 2 rings (SSSR count). The van der Waals surface area contributed by atoms with Crippen molar-refractivity contribution in [1.82, 2.24) is 14.4 Å². The fourth-order valence-electron chi connectivity index (χ4n) is 3.63. The summed E-state index contributed by atoms with van der Waals surface area (Å²) in [5, 5.41) is 0. The van der Waals surface area contributed by atoms with Crippen molar-refractivity contribution in [3.63, 3.8) is 0 Å². The third-order valence-electron chi connectivity index (χ3n) is 5.67. The molecule has 0 saturated carbocycles. The van der Waals surface area contributed by atoms with Crippen LogP contribution in [0.1, 0.15) is 49.2 Å². The fraction of sp³-hybridized carbons (Fsp3) is 0.538. The van der Waals surface area contributed by atoms with Gasteiger partial charge in [0, 0.05) is 56.9 Å². The predicted octanol–water partition coefficient (Wildman–Crippen LogP) is 3.74. The number of hydrogen-bond acceptors (Lipinski definition) is 5. The monoisotopic (exact) mass is 473 g/mol. The Kier molecular flexibility index (Phi) is 11.5. The van der Waals surface area contributed by atoms with Crippen molar-refractivity contribution in [3.8, 4) is 11.5 Å². The first-order chi connectivity index (χ1) is 16.4. The van der Waals surface area contributed by atoms with Crippen molar-refractivity contribution in [2.45, 2.75) is 39.7 Å². The molecule has 0 aliphatic rings. The molecule has 8 heteroatoms. The minimum Gasteiger partial charge on any atom is -0.497 e. The fourth-order valence-corrected chi connectivity index (χ4v) is 3.63. The minimum atomic E-state index is -0.239. The smallest absolute Gasteiger partial charge is 0.254 e. The van der Waals surface area contributed by atoms with Crippen molar-refractivity contribution in [3.05, 3.63) is 47.8 Å². The molecular formula is C26H39N3O5. The van der Waals surface area contributed by atoms with Crippen LogP contribution in [0.5, 0.6) is 11.5 Å². The number of aryl methyl sites for hydroxylation is 1. The molecule has 188 valence electrons. The Morgan fingerprint density at radius 2 is 1.65 bits per heavy atom. The zero-order valence-electron chi connectivity index (χ0n) is 21.2. The molecule has 2 amide bonds. The van der Waals surface area contributed by atoms with Crippen LogP contribution in [0, 0.1) is 0 Å². The van der Waals surface area contributed by atoms with Gasteiger partial charge in [-0.3, -0.25) is 9.59 Å². The van der Waals surface area contributed by atoms with Crippen LogP contribution in [-0.2, 0) is 23.1 Å². The molecule has 0 N–H and O–H groups in total. The summed E-state index contributed by atoms with van der Waals surface area (Å²) in [4.78, 5) is 30.3. The van der Waals surface area contributed by atoms with Crippen LogP contribution < -0.4 is 9.47 Å². The Labute approximate surface area is 203 Å². The highest BCUT2D eigenvalue weighted by Gasteiger charge is 2.23. The van der Waals surface area contributed by atoms with Gasteiger partial charge in [0.1, 0.15) is 18.0 Å². The molecule has 34 heavy (non-hydrogen) atoms. The molecule has 1 aromatic heterocycles. The van der Waals surface area contributed by atoms with E-state index in [1.54, 1.807) is 37.3 Å². The van der Waals surface area contributed by atoms with Crippen molar-refractivity contribution in [2.75, 3.05) is 47.1 Å². The van der Waals surface area contributed by atoms with E-state index in [1.165, 1.54) is 0 Å². The first-order valence-electron chi connectivity index (χ1n) is 11.9. The summed E-state index contributed by atoms with van der Waals surface area (Å²) in [6.07, 6.45) is 4.50. The van der Waals surface area contributed by atoms with Gasteiger partial charge >= 0.3 is 0 Å². The number of nitrogens with zero attached hydrogens (tertiary/aromatic N) is 3. The summed E-state index contributed by atoms with van der Waals surface area (Å²) < 4.78 is 18.1. The van der Waals surface area contributed by atoms with Crippen LogP contribution in [0.15, 0.2) is 36.5 Å². The summed E-state index contributed by atoms with van der Waals surface area (Å²) in [5.74, 6) is 0.735. The van der Waals surface area contributed by atoms with Gasteiger partial charge in [0.05, 0.1) is 20.8 Å². The van der Waals surface area contributed by atoms with E-state index in [4.69, 9.17) is 14.2 Å². The van der Waals surface area contributed by atoms with Gasteiger partial charge in [0.15, 0.2) is 0 Å². The first-order valence-corrected chi connectivity index (χ1v) is 11.9. The molecule has 0 aliphatic carbocycles. The number of unbranched alkanes of at least 4 members (excludes halogenated alkanes) is 1. The first kappa shape index (κ1) is 27.2. The van der Waals surface area contributed by atoms with Crippen molar-refractivity contribution < 1.29 is 23.8 Å². The summed E-state index contributed by atoms with van der Waals surface area (Å²) in [6, 6.07) is 9.04. The van der Waals surface area contributed by atoms with Gasteiger partial charge in [0.25, 0.3) is 5.91 Å². The molecule has 8 nitrogen and oxygen atoms in total. The van der Waals surface area contributed by atoms with Crippen LogP contribution in [0.4, 0.5) is 0 Å². The Morgan fingerprint density at radius 1 is 0.971 bits per heavy atom. The Balaban J connectivity index is 2.24. The lowest BCUT2D eigenvalue weighted by Gasteiger charge is -2.28. The second kappa shape index (κ2) is 14.3. The van der Waals surface area contributed by atoms with Crippen molar-refractivity contribution in [2.24, 2.45) is 7.05 Å². The van der Waals surface area contributed by atoms with Crippen LogP contribution >= 0.6 is 0 Å². The molecule has 2 aromatic rings. The van der Waals surface area contributed by atoms with Gasteiger partial charge in [-0.05, 0) is 44.0 Å². The molecule has 0 fully saturated rings. The third-order valence-corrected chi connectivity index (χ3v) is 5.67. The molecule has 0 aliphatic heterocycles. The van der Waals surface area contributed by atoms with Crippen LogP contribution in [-0.4, -0.2) is 73.2 Å². The maximum atomic E-state index is 13.5. The maximum absolute atomic E-state index is 13.5. The van der Waals surface area contributed by atoms with Gasteiger partial charge in [-0.2, -0.15) is 0 Å². The van der Waals surface area contributed by atoms with E-state index in [0.717, 1.165) is 18.5 Å². The molecule has 0 atom stereocenters. The quantitative estimate of drug-likeness (QED) is 0.369. The number of benzene rings is 1. The largest absolute Gasteiger partial charge is 0.497 e. The minimum absolute atomic E-state index is 0.00137. The lowest BCUT2D eigenvalue weighted by atomic mass is 10.1. The van der Waals surface area contributed by atoms with Crippen LogP contribution in [0.3, 0.4) is 0 Å². The van der Waals surface area contributed by atoms with E-state index in [0.29, 0.717) is 56.3 Å². The number of carbonyl (C=O) groups excluding carboxylic acids is 2. The third kappa shape index (κ3) is 8.09. The van der Waals surface area contributed by atoms with E-state index in [2.05, 4.69) is 6.92 Å². The lowest BCUT2D eigenvalue weighted by Crippen LogP contribution is -2.43. The number of methoxy groups -OCH3 is 2. The average Bonchev–Trinajstić information content (AvgIpc) is 3.26. The van der Waals surface area contributed by atoms with E-state index in [-0.39, 0.29) is 18.4 Å². The topological polar surface area (TPSA) is 73.2 Å². The highest BCUT2D eigenvalue weighted by Crippen LogP contribution is 2.23. The molecule has 0 radical (unpaired) electrons. The zero-order chi connectivity index (χ0) is 24.9. The number of ether oxygens (including phenoxy) is 3. The number of amides is 2. The van der Waals surface area contributed by atoms with Crippen LogP contribution in [0.25, 0.3) is 0 Å². The van der Waals surface area contributed by atoms with Gasteiger partial charge in [-0.1, -0.05) is 13.3 Å². The highest BCUT2D eigenvalue weighted by atomic mass is 16.5. The van der Waals surface area contributed by atoms with E-state index >= 15 is 0 Å². The predicted molar refractivity (Wildman–Crippen MR) is 132 cm³/mol. The Morgan fingerprint density at radius 3 is 2.21 bits per heavy atom. The van der Waals surface area contributed by atoms with Gasteiger partial charge < -0.3 is 28.6 Å². The van der Waals surface area contributed by atoms with Gasteiger partial charge in [-0.15, -0.1) is 0 Å². The summed E-state index contributed by atoms with van der Waals surface area (Å²) >= 11 is 0. The standard InChI is InChI=1S/C26H39N3O5/c1-6-8-13-28(19-22-11-9-12-27(22)3)25(30)20-29(14-10-15-34-7-2)26(31)21-16-23(32-4)18-24(17-21)33-5/h9,11-12,16-18H,6-8,10,13-15,19-20H2,1-5H3. The SMILES string of the molecule is CCCCN(Cc1cccn1C)C(=O)CN(CCCOCC)C(=O)c1cc(OC)cc(OC)c1. The van der Waals surface area contributed by atoms with Crippen LogP contribution in [0.2, 0.25) is 0 Å². The van der Waals surface area contributed by atoms with Crippen molar-refractivity contribution >= 4 is 11.8 Å². The lowest BCUT2D eigenvalue weighted by molar-refractivity contribution is -0.132. The summed E-state index contributed by atoms with van der Waals surface area (Å²) in [5.41, 5.74) is 1.47. The maximum Gasteiger partial charge on any atom is 0.254 e. The van der Waals surface area contributed by atoms with Gasteiger partial charge in [0.2, 0.25) is 5.91 Å². The second-order valence-electron chi connectivity index (χ2n) is 8.16. The van der Waals surface area contributed by atoms with E-state index in [9.17, 15) is 9.59 Å². The molecule has 0 bridgehead atoms. The van der Waals surface area contributed by atoms with E-state index in [1.807, 2.05) is 41.8 Å². The van der Waals surface area contributed by atoms with Gasteiger partial charge in [-0.25, -0.2) is 0 Å². The number of carbonyl (C=O) groups is 2.